The molecule has 0 bridgehead atoms. The number of nitrogens with one attached hydrogen (secondary N) is 1. The summed E-state index contributed by atoms with van der Waals surface area (Å²) in [5.41, 5.74) is 1.66. The Kier molecular flexibility index (Phi) is 7.37. The van der Waals surface area contributed by atoms with Gasteiger partial charge in [-0.25, -0.2) is 9.48 Å². The van der Waals surface area contributed by atoms with E-state index >= 15 is 0 Å². The number of halogens is 1. The first-order valence-electron chi connectivity index (χ1n) is 12.7. The fourth-order valence-corrected chi connectivity index (χ4v) is 6.27. The van der Waals surface area contributed by atoms with Gasteiger partial charge < -0.3 is 19.7 Å². The number of hydrogen-bond donors (Lipinski definition) is 2. The first-order chi connectivity index (χ1) is 16.4. The van der Waals surface area contributed by atoms with Gasteiger partial charge in [-0.3, -0.25) is 0 Å². The molecule has 194 valence electrons. The molecule has 2 aromatic heterocycles. The largest absolute Gasteiger partial charge is 0.465 e. The van der Waals surface area contributed by atoms with Crippen molar-refractivity contribution in [1.82, 2.24) is 25.1 Å². The maximum Gasteiger partial charge on any atom is 0.404 e. The van der Waals surface area contributed by atoms with Gasteiger partial charge in [-0.1, -0.05) is 20.8 Å². The standard InChI is InChI=1S/C24H39ClN6O3Si/c1-15-19-20(30-13-7-8-18(30)14-34-35(5,6)24(2,3)4)27-22(25)28-21(19)31(29-15)17-11-9-16(10-12-17)26-23(32)33/h16-18,26H,7-14H2,1-6H3,(H,32,33)/t16-,17-,18-/m0/s1. The van der Waals surface area contributed by atoms with Crippen molar-refractivity contribution in [3.8, 4) is 0 Å². The molecular weight excluding hydrogens is 484 g/mol. The van der Waals surface area contributed by atoms with Crippen molar-refractivity contribution >= 4 is 42.9 Å². The van der Waals surface area contributed by atoms with E-state index in [1.807, 2.05) is 11.6 Å². The molecule has 2 fully saturated rings. The molecular formula is C24H39ClN6O3Si. The second kappa shape index (κ2) is 9.86. The Bertz CT molecular complexity index is 1080. The van der Waals surface area contributed by atoms with Crippen LogP contribution >= 0.6 is 11.6 Å². The fraction of sp³-hybridized carbons (Fsp3) is 0.750. The summed E-state index contributed by atoms with van der Waals surface area (Å²) < 4.78 is 8.59. The third-order valence-corrected chi connectivity index (χ3v) is 12.8. The molecule has 35 heavy (non-hydrogen) atoms. The zero-order valence-corrected chi connectivity index (χ0v) is 23.5. The van der Waals surface area contributed by atoms with Gasteiger partial charge in [-0.2, -0.15) is 15.1 Å². The van der Waals surface area contributed by atoms with Gasteiger partial charge in [-0.05, 0) is 75.2 Å². The van der Waals surface area contributed by atoms with Crippen LogP contribution in [0.4, 0.5) is 10.6 Å². The highest BCUT2D eigenvalue weighted by atomic mass is 35.5. The van der Waals surface area contributed by atoms with Gasteiger partial charge >= 0.3 is 6.09 Å². The van der Waals surface area contributed by atoms with Crippen molar-refractivity contribution in [2.75, 3.05) is 18.1 Å². The molecule has 2 aromatic rings. The predicted molar refractivity (Wildman–Crippen MR) is 141 cm³/mol. The maximum absolute atomic E-state index is 11.0. The molecule has 2 aliphatic rings. The zero-order valence-electron chi connectivity index (χ0n) is 21.8. The summed E-state index contributed by atoms with van der Waals surface area (Å²) in [6.07, 6.45) is 4.42. The molecule has 0 aromatic carbocycles. The molecule has 1 aliphatic carbocycles. The Morgan fingerprint density at radius 2 is 1.89 bits per heavy atom. The zero-order chi connectivity index (χ0) is 25.5. The van der Waals surface area contributed by atoms with E-state index in [4.69, 9.17) is 31.2 Å². The number of amides is 1. The summed E-state index contributed by atoms with van der Waals surface area (Å²) in [6, 6.07) is 0.401. The van der Waals surface area contributed by atoms with E-state index < -0.39 is 14.4 Å². The highest BCUT2D eigenvalue weighted by Gasteiger charge is 2.39. The quantitative estimate of drug-likeness (QED) is 0.379. The van der Waals surface area contributed by atoms with Gasteiger partial charge in [0.15, 0.2) is 14.0 Å². The maximum atomic E-state index is 11.0. The average Bonchev–Trinajstić information content (AvgIpc) is 3.36. The number of aryl methyl sites for hydroxylation is 1. The Morgan fingerprint density at radius 3 is 2.51 bits per heavy atom. The summed E-state index contributed by atoms with van der Waals surface area (Å²) in [7, 11) is -1.86. The van der Waals surface area contributed by atoms with Crippen LogP contribution in [0.15, 0.2) is 0 Å². The van der Waals surface area contributed by atoms with E-state index in [1.165, 1.54) is 0 Å². The molecule has 1 atom stereocenters. The molecule has 2 N–H and O–H groups in total. The molecule has 1 amide bonds. The van der Waals surface area contributed by atoms with Crippen LogP contribution in [0.3, 0.4) is 0 Å². The molecule has 1 aliphatic heterocycles. The predicted octanol–water partition coefficient (Wildman–Crippen LogP) is 5.53. The lowest BCUT2D eigenvalue weighted by Gasteiger charge is -2.38. The smallest absolute Gasteiger partial charge is 0.404 e. The van der Waals surface area contributed by atoms with E-state index in [9.17, 15) is 4.79 Å². The lowest BCUT2D eigenvalue weighted by atomic mass is 9.91. The minimum atomic E-state index is -1.86. The number of carboxylic acid groups (broad SMARTS) is 1. The molecule has 9 nitrogen and oxygen atoms in total. The van der Waals surface area contributed by atoms with Crippen molar-refractivity contribution in [2.45, 2.75) is 102 Å². The van der Waals surface area contributed by atoms with Gasteiger partial charge in [0.05, 0.1) is 29.8 Å². The summed E-state index contributed by atoms with van der Waals surface area (Å²) in [5.74, 6) is 0.853. The normalized spacial score (nSPS) is 23.7. The van der Waals surface area contributed by atoms with E-state index in [0.29, 0.717) is 6.61 Å². The summed E-state index contributed by atoms with van der Waals surface area (Å²) in [4.78, 5) is 22.7. The Hall–Kier alpha value is -1.91. The van der Waals surface area contributed by atoms with Crippen LogP contribution in [-0.4, -0.2) is 64.5 Å². The number of anilines is 1. The minimum absolute atomic E-state index is 0.00768. The number of carbonyl (C=O) groups is 1. The summed E-state index contributed by atoms with van der Waals surface area (Å²) >= 11 is 6.47. The number of aromatic nitrogens is 4. The van der Waals surface area contributed by atoms with Gasteiger partial charge in [0.2, 0.25) is 5.28 Å². The van der Waals surface area contributed by atoms with Crippen molar-refractivity contribution < 1.29 is 14.3 Å². The molecule has 11 heteroatoms. The lowest BCUT2D eigenvalue weighted by molar-refractivity contribution is 0.182. The number of nitrogens with zero attached hydrogens (tertiary/aromatic N) is 5. The van der Waals surface area contributed by atoms with E-state index in [-0.39, 0.29) is 28.4 Å². The van der Waals surface area contributed by atoms with Crippen LogP contribution in [0.1, 0.15) is 71.0 Å². The first kappa shape index (κ1) is 26.2. The van der Waals surface area contributed by atoms with Crippen LogP contribution in [0.25, 0.3) is 11.0 Å². The van der Waals surface area contributed by atoms with Crippen LogP contribution < -0.4 is 10.2 Å². The SMILES string of the molecule is Cc1nn([C@H]2CC[C@H](NC(=O)O)CC2)c2nc(Cl)nc(N3CCC[C@H]3CO[Si](C)(C)C(C)(C)C)c12. The van der Waals surface area contributed by atoms with E-state index in [0.717, 1.165) is 67.6 Å². The third kappa shape index (κ3) is 5.44. The topological polar surface area (TPSA) is 105 Å². The highest BCUT2D eigenvalue weighted by Crippen LogP contribution is 2.39. The second-order valence-corrected chi connectivity index (χ2v) is 16.7. The third-order valence-electron chi connectivity index (χ3n) is 8.14. The fourth-order valence-electron chi connectivity index (χ4n) is 5.07. The first-order valence-corrected chi connectivity index (χ1v) is 16.0. The Labute approximate surface area is 213 Å². The Morgan fingerprint density at radius 1 is 1.20 bits per heavy atom. The van der Waals surface area contributed by atoms with Gasteiger partial charge in [-0.15, -0.1) is 0 Å². The van der Waals surface area contributed by atoms with Gasteiger partial charge in [0.25, 0.3) is 0 Å². The molecule has 1 saturated heterocycles. The minimum Gasteiger partial charge on any atom is -0.465 e. The van der Waals surface area contributed by atoms with Crippen molar-refractivity contribution in [3.05, 3.63) is 11.0 Å². The molecule has 0 unspecified atom stereocenters. The molecule has 0 radical (unpaired) electrons. The molecule has 0 spiro atoms. The van der Waals surface area contributed by atoms with Crippen LogP contribution in [0.5, 0.6) is 0 Å². The van der Waals surface area contributed by atoms with Gasteiger partial charge in [0, 0.05) is 12.6 Å². The number of fused-ring (bicyclic) bond motifs is 1. The van der Waals surface area contributed by atoms with E-state index in [1.54, 1.807) is 0 Å². The highest BCUT2D eigenvalue weighted by molar-refractivity contribution is 6.74. The number of rotatable bonds is 6. The van der Waals surface area contributed by atoms with E-state index in [2.05, 4.69) is 49.1 Å². The summed E-state index contributed by atoms with van der Waals surface area (Å²) in [6.45, 7) is 15.0. The molecule has 3 heterocycles. The van der Waals surface area contributed by atoms with Crippen molar-refractivity contribution in [2.24, 2.45) is 0 Å². The van der Waals surface area contributed by atoms with Crippen molar-refractivity contribution in [3.63, 3.8) is 0 Å². The average molecular weight is 523 g/mol. The monoisotopic (exact) mass is 522 g/mol. The summed E-state index contributed by atoms with van der Waals surface area (Å²) in [5, 5.41) is 17.9. The van der Waals surface area contributed by atoms with Crippen LogP contribution in [-0.2, 0) is 4.43 Å². The van der Waals surface area contributed by atoms with Gasteiger partial charge in [0.1, 0.15) is 5.82 Å². The van der Waals surface area contributed by atoms with Crippen LogP contribution in [0, 0.1) is 6.92 Å². The Balaban J connectivity index is 1.60. The molecule has 4 rings (SSSR count). The van der Waals surface area contributed by atoms with Crippen LogP contribution in [0.2, 0.25) is 23.4 Å². The van der Waals surface area contributed by atoms with Crippen molar-refractivity contribution in [1.29, 1.82) is 0 Å². The second-order valence-electron chi connectivity index (χ2n) is 11.6. The number of hydrogen-bond acceptors (Lipinski definition) is 6. The molecule has 1 saturated carbocycles. The lowest BCUT2D eigenvalue weighted by Crippen LogP contribution is -2.45.